The standard InChI is InChI=1S/C21H24N4O2/c1-3-19-18(14-24-25(19)15-16-8-6-5-7-9-16)21(26)23-13-17-10-11-22-20(12-17)27-4-2/h5-12,14H,3-4,13,15H2,1-2H3,(H,23,26). The molecule has 6 heteroatoms. The predicted octanol–water partition coefficient (Wildman–Crippen LogP) is 3.22. The van der Waals surface area contributed by atoms with E-state index in [9.17, 15) is 4.79 Å². The molecule has 2 aromatic heterocycles. The molecule has 0 aliphatic heterocycles. The lowest BCUT2D eigenvalue weighted by atomic mass is 10.1. The number of nitrogens with zero attached hydrogens (tertiary/aromatic N) is 3. The van der Waals surface area contributed by atoms with E-state index in [0.717, 1.165) is 23.2 Å². The highest BCUT2D eigenvalue weighted by atomic mass is 16.5. The molecule has 3 rings (SSSR count). The van der Waals surface area contributed by atoms with E-state index in [4.69, 9.17) is 4.74 Å². The Morgan fingerprint density at radius 3 is 2.70 bits per heavy atom. The van der Waals surface area contributed by atoms with E-state index >= 15 is 0 Å². The summed E-state index contributed by atoms with van der Waals surface area (Å²) in [6.07, 6.45) is 4.07. The first-order valence-corrected chi connectivity index (χ1v) is 9.15. The second-order valence-electron chi connectivity index (χ2n) is 6.12. The van der Waals surface area contributed by atoms with Crippen molar-refractivity contribution in [3.8, 4) is 5.88 Å². The van der Waals surface area contributed by atoms with Crippen molar-refractivity contribution >= 4 is 5.91 Å². The first-order valence-electron chi connectivity index (χ1n) is 9.15. The minimum absolute atomic E-state index is 0.124. The lowest BCUT2D eigenvalue weighted by Crippen LogP contribution is -2.24. The number of hydrogen-bond acceptors (Lipinski definition) is 4. The van der Waals surface area contributed by atoms with E-state index in [1.165, 1.54) is 0 Å². The van der Waals surface area contributed by atoms with Crippen LogP contribution >= 0.6 is 0 Å². The van der Waals surface area contributed by atoms with Crippen LogP contribution in [0.2, 0.25) is 0 Å². The highest BCUT2D eigenvalue weighted by Crippen LogP contribution is 2.13. The molecule has 0 unspecified atom stereocenters. The van der Waals surface area contributed by atoms with Crippen LogP contribution in [0, 0.1) is 0 Å². The van der Waals surface area contributed by atoms with Gasteiger partial charge in [0.25, 0.3) is 5.91 Å². The van der Waals surface area contributed by atoms with Gasteiger partial charge in [-0.15, -0.1) is 0 Å². The molecule has 0 fully saturated rings. The molecular formula is C21H24N4O2. The smallest absolute Gasteiger partial charge is 0.255 e. The number of nitrogens with one attached hydrogen (secondary N) is 1. The molecule has 0 spiro atoms. The third kappa shape index (κ3) is 4.73. The molecule has 3 aromatic rings. The summed E-state index contributed by atoms with van der Waals surface area (Å²) >= 11 is 0. The van der Waals surface area contributed by atoms with E-state index < -0.39 is 0 Å². The second kappa shape index (κ2) is 8.98. The third-order valence-corrected chi connectivity index (χ3v) is 4.25. The van der Waals surface area contributed by atoms with Crippen molar-refractivity contribution in [1.29, 1.82) is 0 Å². The fourth-order valence-corrected chi connectivity index (χ4v) is 2.93. The van der Waals surface area contributed by atoms with Crippen molar-refractivity contribution in [2.75, 3.05) is 6.61 Å². The van der Waals surface area contributed by atoms with E-state index in [0.29, 0.717) is 31.1 Å². The number of carbonyl (C=O) groups excluding carboxylic acids is 1. The Bertz CT molecular complexity index is 890. The molecule has 0 radical (unpaired) electrons. The van der Waals surface area contributed by atoms with Crippen molar-refractivity contribution in [3.63, 3.8) is 0 Å². The van der Waals surface area contributed by atoms with Gasteiger partial charge >= 0.3 is 0 Å². The zero-order valence-corrected chi connectivity index (χ0v) is 15.7. The average molecular weight is 364 g/mol. The summed E-state index contributed by atoms with van der Waals surface area (Å²) in [5.74, 6) is 0.440. The molecule has 2 heterocycles. The predicted molar refractivity (Wildman–Crippen MR) is 104 cm³/mol. The summed E-state index contributed by atoms with van der Waals surface area (Å²) < 4.78 is 7.29. The van der Waals surface area contributed by atoms with Gasteiger partial charge < -0.3 is 10.1 Å². The Morgan fingerprint density at radius 1 is 1.15 bits per heavy atom. The second-order valence-corrected chi connectivity index (χ2v) is 6.12. The molecule has 0 atom stereocenters. The molecule has 0 bridgehead atoms. The van der Waals surface area contributed by atoms with Crippen molar-refractivity contribution in [2.45, 2.75) is 33.4 Å². The topological polar surface area (TPSA) is 69.0 Å². The molecule has 0 aliphatic carbocycles. The number of carbonyl (C=O) groups is 1. The summed E-state index contributed by atoms with van der Waals surface area (Å²) in [4.78, 5) is 16.8. The largest absolute Gasteiger partial charge is 0.478 e. The van der Waals surface area contributed by atoms with Gasteiger partial charge in [-0.3, -0.25) is 9.48 Å². The van der Waals surface area contributed by atoms with Crippen LogP contribution in [0.4, 0.5) is 0 Å². The number of benzene rings is 1. The molecule has 1 amide bonds. The van der Waals surface area contributed by atoms with Gasteiger partial charge in [0.1, 0.15) is 0 Å². The number of rotatable bonds is 8. The number of aromatic nitrogens is 3. The number of amides is 1. The Hall–Kier alpha value is -3.15. The quantitative estimate of drug-likeness (QED) is 0.666. The molecule has 0 saturated carbocycles. The minimum atomic E-state index is -0.124. The summed E-state index contributed by atoms with van der Waals surface area (Å²) in [6, 6.07) is 13.8. The maximum atomic E-state index is 12.7. The summed E-state index contributed by atoms with van der Waals surface area (Å²) in [5, 5.41) is 7.38. The van der Waals surface area contributed by atoms with Crippen LogP contribution in [0.25, 0.3) is 0 Å². The molecule has 6 nitrogen and oxygen atoms in total. The number of hydrogen-bond donors (Lipinski definition) is 1. The lowest BCUT2D eigenvalue weighted by molar-refractivity contribution is 0.0949. The normalized spacial score (nSPS) is 10.6. The van der Waals surface area contributed by atoms with E-state index in [-0.39, 0.29) is 5.91 Å². The van der Waals surface area contributed by atoms with E-state index in [1.807, 2.05) is 48.9 Å². The summed E-state index contributed by atoms with van der Waals surface area (Å²) in [7, 11) is 0. The average Bonchev–Trinajstić information content (AvgIpc) is 3.10. The van der Waals surface area contributed by atoms with Crippen LogP contribution in [-0.4, -0.2) is 27.3 Å². The lowest BCUT2D eigenvalue weighted by Gasteiger charge is -2.09. The molecule has 1 N–H and O–H groups in total. The maximum absolute atomic E-state index is 12.7. The third-order valence-electron chi connectivity index (χ3n) is 4.25. The molecule has 0 aliphatic rings. The highest BCUT2D eigenvalue weighted by molar-refractivity contribution is 5.95. The van der Waals surface area contributed by atoms with Gasteiger partial charge in [-0.1, -0.05) is 37.3 Å². The van der Waals surface area contributed by atoms with Gasteiger partial charge in [0.2, 0.25) is 5.88 Å². The van der Waals surface area contributed by atoms with Crippen LogP contribution in [0.5, 0.6) is 5.88 Å². The number of ether oxygens (including phenoxy) is 1. The van der Waals surface area contributed by atoms with Gasteiger partial charge in [-0.25, -0.2) is 4.98 Å². The van der Waals surface area contributed by atoms with E-state index in [1.54, 1.807) is 12.4 Å². The van der Waals surface area contributed by atoms with Gasteiger partial charge in [0.05, 0.1) is 30.6 Å². The van der Waals surface area contributed by atoms with Crippen LogP contribution < -0.4 is 10.1 Å². The molecular weight excluding hydrogens is 340 g/mol. The zero-order valence-electron chi connectivity index (χ0n) is 15.7. The van der Waals surface area contributed by atoms with Gasteiger partial charge in [-0.05, 0) is 30.5 Å². The Labute approximate surface area is 159 Å². The Balaban J connectivity index is 1.69. The molecule has 140 valence electrons. The van der Waals surface area contributed by atoms with Crippen molar-refractivity contribution in [3.05, 3.63) is 77.2 Å². The van der Waals surface area contributed by atoms with E-state index in [2.05, 4.69) is 27.5 Å². The highest BCUT2D eigenvalue weighted by Gasteiger charge is 2.16. The molecule has 1 aromatic carbocycles. The van der Waals surface area contributed by atoms with Gasteiger partial charge in [-0.2, -0.15) is 5.10 Å². The van der Waals surface area contributed by atoms with Crippen molar-refractivity contribution in [2.24, 2.45) is 0 Å². The van der Waals surface area contributed by atoms with Crippen LogP contribution in [0.1, 0.15) is 41.0 Å². The summed E-state index contributed by atoms with van der Waals surface area (Å²) in [6.45, 7) is 5.57. The van der Waals surface area contributed by atoms with Crippen LogP contribution in [0.3, 0.4) is 0 Å². The first-order chi connectivity index (χ1) is 13.2. The monoisotopic (exact) mass is 364 g/mol. The fourth-order valence-electron chi connectivity index (χ4n) is 2.93. The fraction of sp³-hybridized carbons (Fsp3) is 0.286. The van der Waals surface area contributed by atoms with Crippen molar-refractivity contribution < 1.29 is 9.53 Å². The number of pyridine rings is 1. The Morgan fingerprint density at radius 2 is 1.96 bits per heavy atom. The van der Waals surface area contributed by atoms with Crippen LogP contribution in [0.15, 0.2) is 54.9 Å². The Kier molecular flexibility index (Phi) is 6.20. The molecule has 0 saturated heterocycles. The molecule has 27 heavy (non-hydrogen) atoms. The zero-order chi connectivity index (χ0) is 19.1. The van der Waals surface area contributed by atoms with Crippen molar-refractivity contribution in [1.82, 2.24) is 20.1 Å². The summed E-state index contributed by atoms with van der Waals surface area (Å²) in [5.41, 5.74) is 3.65. The van der Waals surface area contributed by atoms with Gasteiger partial charge in [0.15, 0.2) is 0 Å². The first kappa shape index (κ1) is 18.6. The van der Waals surface area contributed by atoms with Gasteiger partial charge in [0, 0.05) is 18.8 Å². The SMILES string of the molecule is CCOc1cc(CNC(=O)c2cnn(Cc3ccccc3)c2CC)ccn1. The van der Waals surface area contributed by atoms with Crippen LogP contribution in [-0.2, 0) is 19.5 Å². The maximum Gasteiger partial charge on any atom is 0.255 e. The minimum Gasteiger partial charge on any atom is -0.478 e.